The van der Waals surface area contributed by atoms with Crippen LogP contribution in [0.15, 0.2) is 53.2 Å². The molecule has 0 fully saturated rings. The average Bonchev–Trinajstić information content (AvgIpc) is 3.12. The van der Waals surface area contributed by atoms with Gasteiger partial charge in [-0.05, 0) is 53.4 Å². The lowest BCUT2D eigenvalue weighted by Crippen LogP contribution is -2.24. The summed E-state index contributed by atoms with van der Waals surface area (Å²) in [4.78, 5) is 21.8. The maximum Gasteiger partial charge on any atom is 0.355 e. The zero-order chi connectivity index (χ0) is 23.0. The summed E-state index contributed by atoms with van der Waals surface area (Å²) in [6.45, 7) is 0. The van der Waals surface area contributed by atoms with E-state index in [9.17, 15) is 35.6 Å². The number of aromatic nitrogens is 2. The maximum atomic E-state index is 12.2. The molecule has 32 heavy (non-hydrogen) atoms. The van der Waals surface area contributed by atoms with Gasteiger partial charge in [0.25, 0.3) is 5.52 Å². The van der Waals surface area contributed by atoms with Gasteiger partial charge in [0.1, 0.15) is 11.5 Å². The highest BCUT2D eigenvalue weighted by Gasteiger charge is 2.41. The van der Waals surface area contributed by atoms with E-state index in [0.29, 0.717) is 0 Å². The Hall–Kier alpha value is -5.14. The smallest absolute Gasteiger partial charge is 0.355 e. The van der Waals surface area contributed by atoms with Gasteiger partial charge in [0.2, 0.25) is 5.69 Å². The Bertz CT molecular complexity index is 1350. The van der Waals surface area contributed by atoms with E-state index in [-0.39, 0.29) is 33.5 Å². The van der Waals surface area contributed by atoms with Gasteiger partial charge in [-0.15, -0.1) is 0 Å². The van der Waals surface area contributed by atoms with Gasteiger partial charge in [0.05, 0.1) is 9.85 Å². The minimum Gasteiger partial charge on any atom is -0.508 e. The fraction of sp³-hybridized carbons (Fsp3) is 0. The standard InChI is InChI=1S/C18H12N6O8/c25-11-5-1-9(2-6-11)19-13-14-18(24(31)32-21-14)17(23(29)30)15(16(13)22(27)28)20-10-3-7-12(26)8-4-10/h1-8,19-20,25-26H. The van der Waals surface area contributed by atoms with E-state index in [1.165, 1.54) is 48.5 Å². The molecule has 0 bridgehead atoms. The molecule has 3 aromatic carbocycles. The van der Waals surface area contributed by atoms with Crippen LogP contribution in [-0.2, 0) is 0 Å². The zero-order valence-corrected chi connectivity index (χ0v) is 15.8. The second-order valence-corrected chi connectivity index (χ2v) is 6.43. The molecule has 0 radical (unpaired) electrons. The third-order valence-electron chi connectivity index (χ3n) is 4.42. The first kappa shape index (κ1) is 20.1. The van der Waals surface area contributed by atoms with Crippen molar-refractivity contribution in [1.29, 1.82) is 0 Å². The van der Waals surface area contributed by atoms with E-state index in [0.717, 1.165) is 0 Å². The first-order chi connectivity index (χ1) is 15.3. The topological polar surface area (TPSA) is 204 Å². The number of hydrogen-bond donors (Lipinski definition) is 4. The minimum absolute atomic E-state index is 0.0626. The number of benzene rings is 3. The number of phenolic OH excluding ortho intramolecular Hbond substituents is 2. The Kier molecular flexibility index (Phi) is 4.78. The SMILES string of the molecule is O=[N+]([O-])c1c(Nc2ccc(O)cc2)c([N+](=O)[O-])c2c(no[n+]2[O-])c1Nc1ccc(O)cc1. The first-order valence-electron chi connectivity index (χ1n) is 8.76. The van der Waals surface area contributed by atoms with Crippen LogP contribution in [0.2, 0.25) is 0 Å². The number of nitrogens with one attached hydrogen (secondary N) is 2. The summed E-state index contributed by atoms with van der Waals surface area (Å²) in [6, 6.07) is 10.6. The summed E-state index contributed by atoms with van der Waals surface area (Å²) >= 11 is 0. The van der Waals surface area contributed by atoms with Crippen LogP contribution in [0, 0.1) is 25.4 Å². The Labute approximate surface area is 176 Å². The maximum absolute atomic E-state index is 12.2. The molecule has 14 heteroatoms. The molecule has 0 aliphatic heterocycles. The average molecular weight is 440 g/mol. The van der Waals surface area contributed by atoms with Gasteiger partial charge in [-0.1, -0.05) is 0 Å². The van der Waals surface area contributed by atoms with Gasteiger partial charge in [0, 0.05) is 16.5 Å². The summed E-state index contributed by atoms with van der Waals surface area (Å²) < 4.78 is 4.50. The fourth-order valence-corrected chi connectivity index (χ4v) is 3.05. The summed E-state index contributed by atoms with van der Waals surface area (Å²) in [5.41, 5.74) is -3.32. The minimum atomic E-state index is -0.964. The number of anilines is 4. The van der Waals surface area contributed by atoms with Crippen molar-refractivity contribution in [3.05, 3.63) is 74.0 Å². The van der Waals surface area contributed by atoms with Gasteiger partial charge in [0.15, 0.2) is 5.69 Å². The van der Waals surface area contributed by atoms with Crippen molar-refractivity contribution in [3.63, 3.8) is 0 Å². The van der Waals surface area contributed by atoms with Crippen LogP contribution >= 0.6 is 0 Å². The Balaban J connectivity index is 2.03. The molecular weight excluding hydrogens is 428 g/mol. The number of nitro groups is 2. The van der Waals surface area contributed by atoms with Gasteiger partial charge in [-0.2, -0.15) is 0 Å². The van der Waals surface area contributed by atoms with Crippen LogP contribution in [0.3, 0.4) is 0 Å². The van der Waals surface area contributed by atoms with Crippen LogP contribution in [0.1, 0.15) is 0 Å². The molecule has 1 heterocycles. The number of nitro benzene ring substituents is 2. The highest BCUT2D eigenvalue weighted by molar-refractivity contribution is 6.07. The number of aromatic hydroxyl groups is 2. The predicted molar refractivity (Wildman–Crippen MR) is 109 cm³/mol. The summed E-state index contributed by atoms with van der Waals surface area (Å²) in [6.07, 6.45) is 0. The van der Waals surface area contributed by atoms with Crippen molar-refractivity contribution in [3.8, 4) is 11.5 Å². The lowest BCUT2D eigenvalue weighted by molar-refractivity contribution is -0.783. The van der Waals surface area contributed by atoms with Gasteiger partial charge in [-0.3, -0.25) is 24.9 Å². The van der Waals surface area contributed by atoms with Crippen LogP contribution in [0.25, 0.3) is 11.0 Å². The Morgan fingerprint density at radius 2 is 1.28 bits per heavy atom. The first-order valence-corrected chi connectivity index (χ1v) is 8.76. The molecule has 1 aromatic heterocycles. The molecule has 14 nitrogen and oxygen atoms in total. The molecule has 4 N–H and O–H groups in total. The van der Waals surface area contributed by atoms with Crippen LogP contribution in [0.5, 0.6) is 11.5 Å². The van der Waals surface area contributed by atoms with E-state index in [1.54, 1.807) is 0 Å². The van der Waals surface area contributed by atoms with Crippen molar-refractivity contribution in [2.45, 2.75) is 0 Å². The molecule has 0 atom stereocenters. The fourth-order valence-electron chi connectivity index (χ4n) is 3.05. The summed E-state index contributed by atoms with van der Waals surface area (Å²) in [5, 5.41) is 63.7. The van der Waals surface area contributed by atoms with Crippen molar-refractivity contribution in [1.82, 2.24) is 5.16 Å². The zero-order valence-electron chi connectivity index (χ0n) is 15.8. The molecule has 4 rings (SSSR count). The predicted octanol–water partition coefficient (Wildman–Crippen LogP) is 3.18. The normalized spacial score (nSPS) is 10.8. The highest BCUT2D eigenvalue weighted by atomic mass is 16.8. The molecule has 0 aliphatic rings. The molecule has 0 aliphatic carbocycles. The van der Waals surface area contributed by atoms with E-state index in [4.69, 9.17) is 0 Å². The summed E-state index contributed by atoms with van der Waals surface area (Å²) in [5.74, 6) is -0.159. The third kappa shape index (κ3) is 3.47. The van der Waals surface area contributed by atoms with E-state index in [2.05, 4.69) is 20.4 Å². The third-order valence-corrected chi connectivity index (χ3v) is 4.42. The van der Waals surface area contributed by atoms with Crippen LogP contribution < -0.4 is 15.5 Å². The van der Waals surface area contributed by atoms with Crippen molar-refractivity contribution in [2.24, 2.45) is 0 Å². The molecule has 0 saturated carbocycles. The molecular formula is C18H12N6O8. The number of hydrogen-bond acceptors (Lipinski definition) is 11. The second kappa shape index (κ2) is 7.60. The highest BCUT2D eigenvalue weighted by Crippen LogP contribution is 2.48. The second-order valence-electron chi connectivity index (χ2n) is 6.43. The van der Waals surface area contributed by atoms with Crippen molar-refractivity contribution >= 4 is 45.2 Å². The van der Waals surface area contributed by atoms with E-state index < -0.39 is 37.9 Å². The molecule has 162 valence electrons. The lowest BCUT2D eigenvalue weighted by Gasteiger charge is -2.12. The number of rotatable bonds is 6. The number of nitrogens with zero attached hydrogens (tertiary/aromatic N) is 4. The Morgan fingerprint density at radius 1 is 0.812 bits per heavy atom. The number of phenols is 2. The van der Waals surface area contributed by atoms with E-state index in [1.807, 2.05) is 0 Å². The molecule has 0 saturated heterocycles. The molecule has 0 amide bonds. The largest absolute Gasteiger partial charge is 0.508 e. The quantitative estimate of drug-likeness (QED) is 0.148. The van der Waals surface area contributed by atoms with Crippen molar-refractivity contribution in [2.75, 3.05) is 10.6 Å². The monoisotopic (exact) mass is 440 g/mol. The lowest BCUT2D eigenvalue weighted by atomic mass is 10.1. The van der Waals surface area contributed by atoms with E-state index >= 15 is 0 Å². The van der Waals surface area contributed by atoms with Gasteiger partial charge < -0.3 is 26.1 Å². The van der Waals surface area contributed by atoms with Crippen LogP contribution in [0.4, 0.5) is 34.1 Å². The van der Waals surface area contributed by atoms with Gasteiger partial charge >= 0.3 is 16.9 Å². The molecule has 0 unspecified atom stereocenters. The van der Waals surface area contributed by atoms with Crippen LogP contribution in [-0.4, -0.2) is 25.2 Å². The van der Waals surface area contributed by atoms with Gasteiger partial charge in [-0.25, -0.2) is 0 Å². The molecule has 0 spiro atoms. The Morgan fingerprint density at radius 3 is 1.75 bits per heavy atom. The molecule has 4 aromatic rings. The summed E-state index contributed by atoms with van der Waals surface area (Å²) in [7, 11) is 0. The van der Waals surface area contributed by atoms with Crippen molar-refractivity contribution < 1.29 is 29.6 Å². The number of fused-ring (bicyclic) bond motifs is 1.